The van der Waals surface area contributed by atoms with Gasteiger partial charge in [0.25, 0.3) is 0 Å². The van der Waals surface area contributed by atoms with E-state index in [0.717, 1.165) is 38.5 Å². The molecule has 2 unspecified atom stereocenters. The smallest absolute Gasteiger partial charge is 0.220 e. The number of carbonyl (C=O) groups excluding carboxylic acids is 1. The summed E-state index contributed by atoms with van der Waals surface area (Å²) in [7, 11) is 0. The summed E-state index contributed by atoms with van der Waals surface area (Å²) in [6, 6.07) is -0.645. The highest BCUT2D eigenvalue weighted by atomic mass is 16.3. The Labute approximate surface area is 420 Å². The number of allylic oxidation sites excluding steroid dienone is 7. The SMILES string of the molecule is CCCCCCCCCC/C=C\CCCCCCCCCCCCCCCCCCCCCCCCCCCC(=O)NC(CO)C(O)/C=C/CC/C=C/CC/C=C/CCCCCCCCCC. The molecule has 0 saturated heterocycles. The Morgan fingerprint density at radius 2 is 0.582 bits per heavy atom. The highest BCUT2D eigenvalue weighted by molar-refractivity contribution is 5.76. The summed E-state index contributed by atoms with van der Waals surface area (Å²) in [6.07, 6.45) is 81.6. The summed E-state index contributed by atoms with van der Waals surface area (Å²) in [5, 5.41) is 23.1. The zero-order chi connectivity index (χ0) is 48.5. The molecule has 394 valence electrons. The van der Waals surface area contributed by atoms with E-state index in [4.69, 9.17) is 0 Å². The minimum absolute atomic E-state index is 0.0728. The van der Waals surface area contributed by atoms with Gasteiger partial charge in [-0.25, -0.2) is 0 Å². The standard InChI is InChI=1S/C63H119NO3/c1-3-5-7-9-11-13-15-17-19-21-23-24-25-26-27-28-29-30-31-32-33-34-35-36-37-38-39-40-41-43-45-47-49-51-53-55-57-59-63(67)64-61(60-65)62(66)58-56-54-52-50-48-46-44-42-22-20-18-16-14-12-10-8-6-4-2/h21-23,42,48,50,56,58,61-62,65-66H,3-20,24-41,43-47,49,51-55,57,59-60H2,1-2H3,(H,64,67)/b23-21-,42-22+,50-48+,58-56+. The number of unbranched alkanes of at least 4 members (excludes halogenated alkanes) is 43. The molecule has 0 spiro atoms. The first-order valence-electron chi connectivity index (χ1n) is 30.4. The van der Waals surface area contributed by atoms with Gasteiger partial charge < -0.3 is 15.5 Å². The Balaban J connectivity index is 3.43. The number of aliphatic hydroxyl groups is 2. The van der Waals surface area contributed by atoms with Crippen LogP contribution in [-0.2, 0) is 4.79 Å². The van der Waals surface area contributed by atoms with Crippen molar-refractivity contribution in [2.45, 2.75) is 341 Å². The fourth-order valence-electron chi connectivity index (χ4n) is 9.39. The average molecular weight is 939 g/mol. The highest BCUT2D eigenvalue weighted by Gasteiger charge is 2.18. The van der Waals surface area contributed by atoms with Crippen molar-refractivity contribution < 1.29 is 15.0 Å². The van der Waals surface area contributed by atoms with Crippen LogP contribution in [0.4, 0.5) is 0 Å². The van der Waals surface area contributed by atoms with E-state index in [1.807, 2.05) is 6.08 Å². The van der Waals surface area contributed by atoms with Gasteiger partial charge in [-0.3, -0.25) is 4.79 Å². The predicted octanol–water partition coefficient (Wildman–Crippen LogP) is 20.2. The molecule has 0 aromatic rings. The quantitative estimate of drug-likeness (QED) is 0.0420. The maximum atomic E-state index is 12.5. The van der Waals surface area contributed by atoms with Gasteiger partial charge in [-0.05, 0) is 70.6 Å². The molecule has 0 heterocycles. The van der Waals surface area contributed by atoms with Crippen LogP contribution in [0, 0.1) is 0 Å². The molecule has 0 aliphatic rings. The largest absolute Gasteiger partial charge is 0.394 e. The van der Waals surface area contributed by atoms with Crippen molar-refractivity contribution in [2.24, 2.45) is 0 Å². The molecule has 0 fully saturated rings. The van der Waals surface area contributed by atoms with Gasteiger partial charge in [0.05, 0.1) is 18.8 Å². The molecule has 1 amide bonds. The average Bonchev–Trinajstić information content (AvgIpc) is 3.33. The molecule has 0 radical (unpaired) electrons. The van der Waals surface area contributed by atoms with Crippen LogP contribution in [0.2, 0.25) is 0 Å². The second-order valence-electron chi connectivity index (χ2n) is 20.7. The number of hydrogen-bond donors (Lipinski definition) is 3. The van der Waals surface area contributed by atoms with Crippen LogP contribution in [0.25, 0.3) is 0 Å². The monoisotopic (exact) mass is 938 g/mol. The van der Waals surface area contributed by atoms with Crippen molar-refractivity contribution in [3.05, 3.63) is 48.6 Å². The highest BCUT2D eigenvalue weighted by Crippen LogP contribution is 2.17. The number of rotatable bonds is 56. The van der Waals surface area contributed by atoms with E-state index in [1.54, 1.807) is 6.08 Å². The molecular weight excluding hydrogens is 819 g/mol. The number of nitrogens with one attached hydrogen (secondary N) is 1. The molecule has 0 aromatic carbocycles. The van der Waals surface area contributed by atoms with E-state index in [0.29, 0.717) is 6.42 Å². The van der Waals surface area contributed by atoms with Gasteiger partial charge in [0.15, 0.2) is 0 Å². The molecule has 4 nitrogen and oxygen atoms in total. The van der Waals surface area contributed by atoms with Crippen LogP contribution in [0.15, 0.2) is 48.6 Å². The van der Waals surface area contributed by atoms with Crippen LogP contribution in [0.3, 0.4) is 0 Å². The molecule has 0 aliphatic carbocycles. The lowest BCUT2D eigenvalue weighted by atomic mass is 10.0. The summed E-state index contributed by atoms with van der Waals surface area (Å²) in [4.78, 5) is 12.5. The van der Waals surface area contributed by atoms with Gasteiger partial charge in [-0.1, -0.05) is 300 Å². The fourth-order valence-corrected chi connectivity index (χ4v) is 9.39. The zero-order valence-corrected chi connectivity index (χ0v) is 45.4. The molecule has 0 aromatic heterocycles. The normalized spacial score (nSPS) is 13.1. The molecule has 2 atom stereocenters. The first-order valence-corrected chi connectivity index (χ1v) is 30.4. The predicted molar refractivity (Wildman–Crippen MR) is 299 cm³/mol. The van der Waals surface area contributed by atoms with Crippen molar-refractivity contribution in [1.29, 1.82) is 0 Å². The third-order valence-electron chi connectivity index (χ3n) is 14.0. The summed E-state index contributed by atoms with van der Waals surface area (Å²) >= 11 is 0. The van der Waals surface area contributed by atoms with E-state index in [1.165, 1.54) is 270 Å². The van der Waals surface area contributed by atoms with Gasteiger partial charge >= 0.3 is 0 Å². The summed E-state index contributed by atoms with van der Waals surface area (Å²) < 4.78 is 0. The summed E-state index contributed by atoms with van der Waals surface area (Å²) in [5.74, 6) is -0.0728. The lowest BCUT2D eigenvalue weighted by Crippen LogP contribution is -2.45. The zero-order valence-electron chi connectivity index (χ0n) is 45.4. The molecule has 3 N–H and O–H groups in total. The molecule has 67 heavy (non-hydrogen) atoms. The van der Waals surface area contributed by atoms with Gasteiger partial charge in [0.1, 0.15) is 0 Å². The third kappa shape index (κ3) is 55.2. The Morgan fingerprint density at radius 3 is 0.866 bits per heavy atom. The van der Waals surface area contributed by atoms with Gasteiger partial charge in [0.2, 0.25) is 5.91 Å². The Morgan fingerprint density at radius 1 is 0.343 bits per heavy atom. The molecule has 4 heteroatoms. The van der Waals surface area contributed by atoms with Gasteiger partial charge in [0, 0.05) is 6.42 Å². The first kappa shape index (κ1) is 65.3. The second kappa shape index (κ2) is 58.7. The van der Waals surface area contributed by atoms with Crippen LogP contribution in [-0.4, -0.2) is 34.9 Å². The van der Waals surface area contributed by atoms with E-state index < -0.39 is 12.1 Å². The van der Waals surface area contributed by atoms with Crippen molar-refractivity contribution >= 4 is 5.91 Å². The van der Waals surface area contributed by atoms with Crippen LogP contribution in [0.1, 0.15) is 328 Å². The van der Waals surface area contributed by atoms with Crippen molar-refractivity contribution in [3.8, 4) is 0 Å². The topological polar surface area (TPSA) is 69.6 Å². The van der Waals surface area contributed by atoms with Crippen molar-refractivity contribution in [2.75, 3.05) is 6.61 Å². The van der Waals surface area contributed by atoms with Crippen LogP contribution < -0.4 is 5.32 Å². The number of aliphatic hydroxyl groups excluding tert-OH is 2. The van der Waals surface area contributed by atoms with Gasteiger partial charge in [-0.2, -0.15) is 0 Å². The fraction of sp³-hybridized carbons (Fsp3) is 0.857. The minimum Gasteiger partial charge on any atom is -0.394 e. The van der Waals surface area contributed by atoms with Gasteiger partial charge in [-0.15, -0.1) is 0 Å². The maximum absolute atomic E-state index is 12.5. The summed E-state index contributed by atoms with van der Waals surface area (Å²) in [5.41, 5.74) is 0. The second-order valence-corrected chi connectivity index (χ2v) is 20.7. The maximum Gasteiger partial charge on any atom is 0.220 e. The number of carbonyl (C=O) groups is 1. The number of hydrogen-bond acceptors (Lipinski definition) is 3. The molecule has 0 bridgehead atoms. The van der Waals surface area contributed by atoms with E-state index >= 15 is 0 Å². The van der Waals surface area contributed by atoms with E-state index in [-0.39, 0.29) is 12.5 Å². The van der Waals surface area contributed by atoms with E-state index in [2.05, 4.69) is 55.6 Å². The van der Waals surface area contributed by atoms with Crippen LogP contribution >= 0.6 is 0 Å². The van der Waals surface area contributed by atoms with Crippen molar-refractivity contribution in [3.63, 3.8) is 0 Å². The van der Waals surface area contributed by atoms with Crippen molar-refractivity contribution in [1.82, 2.24) is 5.32 Å². The third-order valence-corrected chi connectivity index (χ3v) is 14.0. The molecule has 0 saturated carbocycles. The first-order chi connectivity index (χ1) is 33.2. The number of amides is 1. The summed E-state index contributed by atoms with van der Waals surface area (Å²) in [6.45, 7) is 4.31. The Hall–Kier alpha value is -1.65. The molecule has 0 aliphatic heterocycles. The minimum atomic E-state index is -0.870. The molecular formula is C63H119NO3. The van der Waals surface area contributed by atoms with Crippen LogP contribution in [0.5, 0.6) is 0 Å². The lowest BCUT2D eigenvalue weighted by molar-refractivity contribution is -0.123. The lowest BCUT2D eigenvalue weighted by Gasteiger charge is -2.19. The Bertz CT molecular complexity index is 1060. The van der Waals surface area contributed by atoms with E-state index in [9.17, 15) is 15.0 Å². The molecule has 0 rings (SSSR count). The Kier molecular flexibility index (Phi) is 57.2.